The molecule has 0 atom stereocenters. The van der Waals surface area contributed by atoms with Crippen molar-refractivity contribution in [2.75, 3.05) is 14.2 Å². The van der Waals surface area contributed by atoms with Crippen LogP contribution in [0.2, 0.25) is 0 Å². The van der Waals surface area contributed by atoms with E-state index >= 15 is 0 Å². The van der Waals surface area contributed by atoms with Gasteiger partial charge in [-0.3, -0.25) is 9.59 Å². The molecule has 2 aromatic carbocycles. The molecule has 0 saturated heterocycles. The summed E-state index contributed by atoms with van der Waals surface area (Å²) < 4.78 is 11.9. The fraction of sp³-hybridized carbons (Fsp3) is 0.550. The predicted molar refractivity (Wildman–Crippen MR) is 181 cm³/mol. The zero-order valence-corrected chi connectivity index (χ0v) is 28.3. The second kappa shape index (κ2) is 13.6. The molecule has 0 bridgehead atoms. The van der Waals surface area contributed by atoms with Crippen molar-refractivity contribution in [1.82, 2.24) is 0 Å². The van der Waals surface area contributed by atoms with E-state index in [4.69, 9.17) is 15.9 Å². The van der Waals surface area contributed by atoms with Gasteiger partial charge in [0.25, 0.3) is 0 Å². The van der Waals surface area contributed by atoms with Crippen LogP contribution in [0.1, 0.15) is 114 Å². The molecule has 8 rings (SSSR count). The summed E-state index contributed by atoms with van der Waals surface area (Å²) >= 11 is 3.45. The van der Waals surface area contributed by atoms with E-state index in [2.05, 4.69) is 51.9 Å². The predicted octanol–water partition coefficient (Wildman–Crippen LogP) is 8.56. The van der Waals surface area contributed by atoms with Gasteiger partial charge >= 0.3 is 0 Å². The molecule has 0 unspecified atom stereocenters. The Morgan fingerprint density at radius 2 is 1.20 bits per heavy atom. The maximum Gasteiger partial charge on any atom is 0.169 e. The molecule has 45 heavy (non-hydrogen) atoms. The average molecular weight is 670 g/mol. The molecule has 0 N–H and O–H groups in total. The van der Waals surface area contributed by atoms with Crippen molar-refractivity contribution in [3.63, 3.8) is 0 Å². The average Bonchev–Trinajstić information content (AvgIpc) is 4.01. The number of rotatable bonds is 2. The quantitative estimate of drug-likeness (QED) is 0.301. The van der Waals surface area contributed by atoms with Gasteiger partial charge < -0.3 is 9.47 Å². The summed E-state index contributed by atoms with van der Waals surface area (Å²) in [5.74, 6) is 11.1. The molecule has 4 fully saturated rings. The molecule has 0 aromatic heterocycles. The van der Waals surface area contributed by atoms with Crippen LogP contribution in [-0.4, -0.2) is 38.0 Å². The largest absolute Gasteiger partial charge is 0.381 e. The van der Waals surface area contributed by atoms with E-state index in [0.717, 1.165) is 85.4 Å². The summed E-state index contributed by atoms with van der Waals surface area (Å²) in [6.07, 6.45) is 20.4. The van der Waals surface area contributed by atoms with Crippen LogP contribution < -0.4 is 0 Å². The molecule has 6 aliphatic carbocycles. The van der Waals surface area contributed by atoms with Crippen molar-refractivity contribution in [2.24, 2.45) is 22.7 Å². The fourth-order valence-corrected chi connectivity index (χ4v) is 7.99. The molecule has 2 spiro atoms. The minimum atomic E-state index is -0.153. The monoisotopic (exact) mass is 668 g/mol. The highest BCUT2D eigenvalue weighted by Gasteiger charge is 2.48. The fourth-order valence-electron chi connectivity index (χ4n) is 7.62. The lowest BCUT2D eigenvalue weighted by molar-refractivity contribution is 0.0282. The Labute approximate surface area is 277 Å². The second-order valence-corrected chi connectivity index (χ2v) is 15.0. The molecule has 5 heteroatoms. The highest BCUT2D eigenvalue weighted by Crippen LogP contribution is 2.49. The van der Waals surface area contributed by atoms with Crippen LogP contribution in [0.4, 0.5) is 0 Å². The summed E-state index contributed by atoms with van der Waals surface area (Å²) in [5, 5.41) is 0. The van der Waals surface area contributed by atoms with Crippen molar-refractivity contribution in [1.29, 1.82) is 0 Å². The van der Waals surface area contributed by atoms with Crippen LogP contribution in [0.25, 0.3) is 0 Å². The number of methoxy groups -OCH3 is 2. The van der Waals surface area contributed by atoms with Crippen molar-refractivity contribution in [2.45, 2.75) is 102 Å². The zero-order chi connectivity index (χ0) is 31.6. The van der Waals surface area contributed by atoms with Gasteiger partial charge in [-0.1, -0.05) is 39.9 Å². The lowest BCUT2D eigenvalue weighted by Gasteiger charge is -2.35. The van der Waals surface area contributed by atoms with Gasteiger partial charge in [0.15, 0.2) is 11.6 Å². The SMILES string of the molecule is C#CC1CC1.COC1CCC2(CC1)Cc1ccc(Br)cc1C2=O.COC1CCC2(CC1)Cc1ccc(C#CC3CC3)cc1C2=O. The number of benzene rings is 2. The number of carbonyl (C=O) groups excluding carboxylic acids is 2. The van der Waals surface area contributed by atoms with Crippen molar-refractivity contribution >= 4 is 27.5 Å². The molecule has 0 heterocycles. The van der Waals surface area contributed by atoms with Crippen LogP contribution >= 0.6 is 15.9 Å². The lowest BCUT2D eigenvalue weighted by atomic mass is 9.70. The lowest BCUT2D eigenvalue weighted by Crippen LogP contribution is -2.35. The van der Waals surface area contributed by atoms with Crippen LogP contribution in [0, 0.1) is 46.9 Å². The van der Waals surface area contributed by atoms with Crippen molar-refractivity contribution in [3.8, 4) is 24.2 Å². The van der Waals surface area contributed by atoms with E-state index in [1.54, 1.807) is 14.2 Å². The maximum absolute atomic E-state index is 13.0. The first-order chi connectivity index (χ1) is 21.8. The molecular formula is C40H45BrO4. The highest BCUT2D eigenvalue weighted by molar-refractivity contribution is 9.10. The van der Waals surface area contributed by atoms with E-state index in [0.29, 0.717) is 35.6 Å². The van der Waals surface area contributed by atoms with Crippen molar-refractivity contribution < 1.29 is 19.1 Å². The van der Waals surface area contributed by atoms with E-state index in [1.807, 2.05) is 18.2 Å². The van der Waals surface area contributed by atoms with E-state index in [9.17, 15) is 9.59 Å². The number of terminal acetylenes is 1. The number of halogens is 1. The Balaban J connectivity index is 0.000000139. The summed E-state index contributed by atoms with van der Waals surface area (Å²) in [6, 6.07) is 12.3. The normalized spacial score (nSPS) is 29.4. The first kappa shape index (κ1) is 32.2. The first-order valence-electron chi connectivity index (χ1n) is 16.8. The van der Waals surface area contributed by atoms with E-state index in [1.165, 1.54) is 36.8 Å². The Morgan fingerprint density at radius 1 is 0.711 bits per heavy atom. The van der Waals surface area contributed by atoms with Gasteiger partial charge in [-0.25, -0.2) is 0 Å². The van der Waals surface area contributed by atoms with E-state index in [-0.39, 0.29) is 10.8 Å². The van der Waals surface area contributed by atoms with Gasteiger partial charge in [0, 0.05) is 58.0 Å². The molecule has 4 nitrogen and oxygen atoms in total. The van der Waals surface area contributed by atoms with Crippen LogP contribution in [0.15, 0.2) is 40.9 Å². The van der Waals surface area contributed by atoms with Gasteiger partial charge in [0.05, 0.1) is 12.2 Å². The number of fused-ring (bicyclic) bond motifs is 2. The molecule has 4 saturated carbocycles. The Kier molecular flexibility index (Phi) is 9.73. The molecule has 0 aliphatic heterocycles. The van der Waals surface area contributed by atoms with Gasteiger partial charge in [0.1, 0.15) is 0 Å². The van der Waals surface area contributed by atoms with Crippen LogP contribution in [0.3, 0.4) is 0 Å². The van der Waals surface area contributed by atoms with Gasteiger partial charge in [-0.2, -0.15) is 0 Å². The highest BCUT2D eigenvalue weighted by atomic mass is 79.9. The molecule has 236 valence electrons. The number of ketones is 2. The summed E-state index contributed by atoms with van der Waals surface area (Å²) in [7, 11) is 3.55. The number of carbonyl (C=O) groups is 2. The second-order valence-electron chi connectivity index (χ2n) is 14.1. The first-order valence-corrected chi connectivity index (χ1v) is 17.6. The standard InChI is InChI=1S/C20H22O2.C15H17BrO2.C5H6/c1-22-17-8-10-20(11-9-17)13-16-7-6-15(5-4-14-2-3-14)12-18(16)19(20)21;1-18-12-4-6-15(7-5-12)9-10-2-3-11(16)8-13(10)14(15)17;1-2-5-3-4-5/h6-7,12,14,17H,2-3,8-11,13H2,1H3;2-3,8,12H,4-7,9H2,1H3;1,5H,3-4H2. The van der Waals surface area contributed by atoms with Crippen molar-refractivity contribution in [3.05, 3.63) is 68.7 Å². The molecule has 0 amide bonds. The summed E-state index contributed by atoms with van der Waals surface area (Å²) in [4.78, 5) is 25.6. The number of Topliss-reactive ketones (excluding diaryl/α,β-unsaturated/α-hetero) is 2. The zero-order valence-electron chi connectivity index (χ0n) is 26.8. The molecular weight excluding hydrogens is 624 g/mol. The van der Waals surface area contributed by atoms with E-state index < -0.39 is 0 Å². The van der Waals surface area contributed by atoms with Gasteiger partial charge in [-0.15, -0.1) is 12.3 Å². The van der Waals surface area contributed by atoms with Crippen LogP contribution in [0.5, 0.6) is 0 Å². The smallest absolute Gasteiger partial charge is 0.169 e. The summed E-state index contributed by atoms with van der Waals surface area (Å²) in [5.41, 5.74) is 5.02. The third kappa shape index (κ3) is 7.17. The third-order valence-electron chi connectivity index (χ3n) is 10.9. The Morgan fingerprint density at radius 3 is 1.64 bits per heavy atom. The topological polar surface area (TPSA) is 52.6 Å². The van der Waals surface area contributed by atoms with Crippen LogP contribution in [-0.2, 0) is 22.3 Å². The maximum atomic E-state index is 13.0. The molecule has 6 aliphatic rings. The van der Waals surface area contributed by atoms with Gasteiger partial charge in [0.2, 0.25) is 0 Å². The minimum Gasteiger partial charge on any atom is -0.381 e. The number of hydrogen-bond donors (Lipinski definition) is 0. The Bertz CT molecular complexity index is 1530. The Hall–Kier alpha value is -2.70. The third-order valence-corrected chi connectivity index (χ3v) is 11.4. The molecule has 2 aromatic rings. The molecule has 0 radical (unpaired) electrons. The number of hydrogen-bond acceptors (Lipinski definition) is 4. The van der Waals surface area contributed by atoms with Gasteiger partial charge in [-0.05, 0) is 125 Å². The summed E-state index contributed by atoms with van der Waals surface area (Å²) in [6.45, 7) is 0. The minimum absolute atomic E-state index is 0.127. The number of ether oxygens (including phenoxy) is 2.